The highest BCUT2D eigenvalue weighted by Gasteiger charge is 2.45. The molecule has 1 fully saturated rings. The van der Waals surface area contributed by atoms with E-state index in [-0.39, 0.29) is 22.5 Å². The fourth-order valence-electron chi connectivity index (χ4n) is 4.44. The van der Waals surface area contributed by atoms with Crippen LogP contribution in [0.1, 0.15) is 43.5 Å². The van der Waals surface area contributed by atoms with Gasteiger partial charge in [0.25, 0.3) is 0 Å². The van der Waals surface area contributed by atoms with Crippen molar-refractivity contribution in [2.45, 2.75) is 45.6 Å². The lowest BCUT2D eigenvalue weighted by Gasteiger charge is -2.38. The molecule has 0 spiro atoms. The maximum Gasteiger partial charge on any atom is 0.148 e. The van der Waals surface area contributed by atoms with Crippen LogP contribution >= 0.6 is 0 Å². The molecule has 1 atom stereocenters. The molecule has 1 aromatic carbocycles. The second-order valence-corrected chi connectivity index (χ2v) is 11.3. The highest BCUT2D eigenvalue weighted by Crippen LogP contribution is 2.42. The van der Waals surface area contributed by atoms with E-state index >= 15 is 0 Å². The number of nitrogens with zero attached hydrogens (tertiary/aromatic N) is 2. The minimum Gasteiger partial charge on any atom is -0.293 e. The summed E-state index contributed by atoms with van der Waals surface area (Å²) in [6.45, 7) is 7.90. The van der Waals surface area contributed by atoms with E-state index in [0.717, 1.165) is 49.2 Å². The van der Waals surface area contributed by atoms with Crippen LogP contribution < -0.4 is 0 Å². The molecule has 0 N–H and O–H groups in total. The first-order valence-electron chi connectivity index (χ1n) is 10.1. The minimum absolute atomic E-state index is 0.180. The monoisotopic (exact) mass is 418 g/mol. The summed E-state index contributed by atoms with van der Waals surface area (Å²) in [7, 11) is -3.12. The van der Waals surface area contributed by atoms with Gasteiger partial charge < -0.3 is 0 Å². The van der Waals surface area contributed by atoms with Crippen molar-refractivity contribution in [3.63, 3.8) is 0 Å². The molecule has 6 heteroatoms. The molecule has 2 aromatic rings. The molecule has 4 nitrogen and oxygen atoms in total. The van der Waals surface area contributed by atoms with Crippen LogP contribution in [0.3, 0.4) is 0 Å². The van der Waals surface area contributed by atoms with Crippen molar-refractivity contribution in [2.75, 3.05) is 25.1 Å². The van der Waals surface area contributed by atoms with Crippen LogP contribution in [0.5, 0.6) is 0 Å². The fourth-order valence-corrected chi connectivity index (χ4v) is 5.93. The first-order valence-corrected chi connectivity index (χ1v) is 12.2. The first-order chi connectivity index (χ1) is 13.5. The molecule has 0 unspecified atom stereocenters. The van der Waals surface area contributed by atoms with Gasteiger partial charge in [-0.1, -0.05) is 18.2 Å². The Hall–Kier alpha value is -1.79. The summed E-state index contributed by atoms with van der Waals surface area (Å²) in [6.07, 6.45) is 5.60. The molecule has 1 aromatic heterocycles. The van der Waals surface area contributed by atoms with Crippen molar-refractivity contribution in [3.8, 4) is 0 Å². The van der Waals surface area contributed by atoms with E-state index in [0.29, 0.717) is 0 Å². The van der Waals surface area contributed by atoms with Gasteiger partial charge in [-0.25, -0.2) is 12.8 Å². The number of hydrogen-bond acceptors (Lipinski definition) is 4. The highest BCUT2D eigenvalue weighted by molar-refractivity contribution is 7.90. The maximum absolute atomic E-state index is 13.2. The Bertz CT molecular complexity index is 940. The molecule has 1 aliphatic heterocycles. The zero-order chi connectivity index (χ0) is 21.3. The first kappa shape index (κ1) is 21.9. The zero-order valence-electron chi connectivity index (χ0n) is 17.8. The molecule has 29 heavy (non-hydrogen) atoms. The number of likely N-dealkylation sites (tertiary alicyclic amines) is 1. The van der Waals surface area contributed by atoms with Crippen molar-refractivity contribution in [2.24, 2.45) is 5.41 Å². The average molecular weight is 419 g/mol. The van der Waals surface area contributed by atoms with E-state index in [2.05, 4.69) is 29.8 Å². The Morgan fingerprint density at radius 3 is 2.45 bits per heavy atom. The average Bonchev–Trinajstić information content (AvgIpc) is 3.05. The third-order valence-corrected chi connectivity index (χ3v) is 7.41. The van der Waals surface area contributed by atoms with Crippen molar-refractivity contribution in [3.05, 3.63) is 65.2 Å². The molecular weight excluding hydrogens is 387 g/mol. The van der Waals surface area contributed by atoms with Gasteiger partial charge in [-0.2, -0.15) is 0 Å². The summed E-state index contributed by atoms with van der Waals surface area (Å²) in [5, 5.41) is 0. The molecule has 1 aliphatic rings. The predicted molar refractivity (Wildman–Crippen MR) is 115 cm³/mol. The van der Waals surface area contributed by atoms with E-state index < -0.39 is 9.84 Å². The number of rotatable bonds is 7. The molecular formula is C23H31FN2O2S. The van der Waals surface area contributed by atoms with Gasteiger partial charge in [0.1, 0.15) is 15.7 Å². The van der Waals surface area contributed by atoms with E-state index in [9.17, 15) is 12.8 Å². The molecule has 3 rings (SSSR count). The smallest absolute Gasteiger partial charge is 0.148 e. The highest BCUT2D eigenvalue weighted by atomic mass is 32.2. The van der Waals surface area contributed by atoms with E-state index in [4.69, 9.17) is 0 Å². The number of pyridine rings is 1. The second-order valence-electron chi connectivity index (χ2n) is 9.12. The number of halogens is 1. The fraction of sp³-hybridized carbons (Fsp3) is 0.522. The largest absolute Gasteiger partial charge is 0.293 e. The standard InChI is InChI=1S/C23H31FN2O2S/c1-18-5-8-20(15-25-18)22(2,3)26-14-13-23(16-26,17-29(4,27)28)12-11-19-6-9-21(24)10-7-19/h5-10,15H,11-14,16-17H2,1-4H3/t23-/m1/s1. The van der Waals surface area contributed by atoms with Gasteiger partial charge in [-0.3, -0.25) is 9.88 Å². The third kappa shape index (κ3) is 5.43. The van der Waals surface area contributed by atoms with Crippen LogP contribution in [-0.2, 0) is 21.8 Å². The van der Waals surface area contributed by atoms with Crippen molar-refractivity contribution in [1.29, 1.82) is 0 Å². The summed E-state index contributed by atoms with van der Waals surface area (Å²) in [5.74, 6) is -0.0694. The third-order valence-electron chi connectivity index (χ3n) is 6.27. The maximum atomic E-state index is 13.2. The lowest BCUT2D eigenvalue weighted by Crippen LogP contribution is -2.43. The Balaban J connectivity index is 1.80. The van der Waals surface area contributed by atoms with Gasteiger partial charge in [-0.05, 0) is 81.3 Å². The van der Waals surface area contributed by atoms with Crippen LogP contribution in [0.25, 0.3) is 0 Å². The molecule has 1 saturated heterocycles. The zero-order valence-corrected chi connectivity index (χ0v) is 18.6. The summed E-state index contributed by atoms with van der Waals surface area (Å²) in [6, 6.07) is 10.6. The molecule has 158 valence electrons. The Morgan fingerprint density at radius 2 is 1.86 bits per heavy atom. The Kier molecular flexibility index (Phi) is 6.16. The topological polar surface area (TPSA) is 50.3 Å². The van der Waals surface area contributed by atoms with Crippen LogP contribution in [0.4, 0.5) is 4.39 Å². The Morgan fingerprint density at radius 1 is 1.17 bits per heavy atom. The van der Waals surface area contributed by atoms with E-state index in [1.54, 1.807) is 12.1 Å². The van der Waals surface area contributed by atoms with Crippen LogP contribution in [-0.4, -0.2) is 43.4 Å². The molecule has 2 heterocycles. The number of hydrogen-bond donors (Lipinski definition) is 0. The summed E-state index contributed by atoms with van der Waals surface area (Å²) in [5.41, 5.74) is 2.64. The van der Waals surface area contributed by atoms with Gasteiger partial charge in [0.05, 0.1) is 5.75 Å². The molecule has 0 radical (unpaired) electrons. The van der Waals surface area contributed by atoms with E-state index in [1.165, 1.54) is 18.4 Å². The summed E-state index contributed by atoms with van der Waals surface area (Å²) < 4.78 is 37.7. The summed E-state index contributed by atoms with van der Waals surface area (Å²) in [4.78, 5) is 6.83. The normalized spacial score (nSPS) is 20.9. The molecule has 0 aliphatic carbocycles. The van der Waals surface area contributed by atoms with Crippen molar-refractivity contribution < 1.29 is 12.8 Å². The number of benzene rings is 1. The Labute approximate surface area is 174 Å². The lowest BCUT2D eigenvalue weighted by molar-refractivity contribution is 0.133. The number of aromatic nitrogens is 1. The van der Waals surface area contributed by atoms with Gasteiger partial charge in [0.2, 0.25) is 0 Å². The van der Waals surface area contributed by atoms with Gasteiger partial charge in [0, 0.05) is 30.2 Å². The summed E-state index contributed by atoms with van der Waals surface area (Å²) >= 11 is 0. The SMILES string of the molecule is Cc1ccc(C(C)(C)N2CC[C@@](CCc3ccc(F)cc3)(CS(C)(=O)=O)C2)cn1. The molecule has 0 saturated carbocycles. The van der Waals surface area contributed by atoms with E-state index in [1.807, 2.05) is 19.2 Å². The quantitative estimate of drug-likeness (QED) is 0.678. The lowest BCUT2D eigenvalue weighted by atomic mass is 9.82. The second kappa shape index (κ2) is 8.15. The molecule has 0 bridgehead atoms. The minimum atomic E-state index is -3.12. The van der Waals surface area contributed by atoms with Gasteiger partial charge in [0.15, 0.2) is 0 Å². The van der Waals surface area contributed by atoms with Gasteiger partial charge >= 0.3 is 0 Å². The predicted octanol–water partition coefficient (Wildman–Crippen LogP) is 4.13. The van der Waals surface area contributed by atoms with Crippen LogP contribution in [0, 0.1) is 18.2 Å². The van der Waals surface area contributed by atoms with Crippen LogP contribution in [0.2, 0.25) is 0 Å². The van der Waals surface area contributed by atoms with Crippen LogP contribution in [0.15, 0.2) is 42.6 Å². The number of sulfone groups is 1. The van der Waals surface area contributed by atoms with Crippen molar-refractivity contribution in [1.82, 2.24) is 9.88 Å². The van der Waals surface area contributed by atoms with Crippen molar-refractivity contribution >= 4 is 9.84 Å². The number of aryl methyl sites for hydroxylation is 2. The van der Waals surface area contributed by atoms with Gasteiger partial charge in [-0.15, -0.1) is 0 Å². The molecule has 0 amide bonds.